The van der Waals surface area contributed by atoms with E-state index in [0.29, 0.717) is 16.2 Å². The molecule has 0 fully saturated rings. The Hall–Kier alpha value is -2.15. The summed E-state index contributed by atoms with van der Waals surface area (Å²) in [6, 6.07) is 20.7. The summed E-state index contributed by atoms with van der Waals surface area (Å²) in [4.78, 5) is -0.0484. The quantitative estimate of drug-likeness (QED) is 0.608. The molecule has 2 N–H and O–H groups in total. The van der Waals surface area contributed by atoms with Gasteiger partial charge < -0.3 is 10.4 Å². The normalized spacial score (nSPS) is 14.2. The summed E-state index contributed by atoms with van der Waals surface area (Å²) in [5.74, 6) is 0. The van der Waals surface area contributed by atoms with E-state index in [1.807, 2.05) is 60.7 Å². The zero-order chi connectivity index (χ0) is 18.6. The Labute approximate surface area is 153 Å². The van der Waals surface area contributed by atoms with E-state index >= 15 is 0 Å². The van der Waals surface area contributed by atoms with Crippen LogP contribution in [0.25, 0.3) is 0 Å². The van der Waals surface area contributed by atoms with E-state index in [2.05, 4.69) is 5.32 Å². The topological polar surface area (TPSA) is 32.3 Å². The third-order valence-electron chi connectivity index (χ3n) is 4.05. The van der Waals surface area contributed by atoms with Crippen molar-refractivity contribution >= 4 is 11.3 Å². The molecule has 0 bridgehead atoms. The molecule has 0 unspecified atom stereocenters. The van der Waals surface area contributed by atoms with Crippen LogP contribution in [0.4, 0.5) is 13.2 Å². The first-order valence-corrected chi connectivity index (χ1v) is 8.94. The Morgan fingerprint density at radius 1 is 0.846 bits per heavy atom. The zero-order valence-corrected chi connectivity index (χ0v) is 14.6. The third-order valence-corrected chi connectivity index (χ3v) is 5.18. The van der Waals surface area contributed by atoms with Gasteiger partial charge in [-0.25, -0.2) is 0 Å². The maximum atomic E-state index is 12.8. The van der Waals surface area contributed by atoms with E-state index in [0.717, 1.165) is 17.2 Å². The van der Waals surface area contributed by atoms with E-state index in [1.165, 1.54) is 6.07 Å². The molecule has 2 aromatic carbocycles. The smallest absolute Gasteiger partial charge is 0.386 e. The van der Waals surface area contributed by atoms with Gasteiger partial charge in [0.2, 0.25) is 0 Å². The summed E-state index contributed by atoms with van der Waals surface area (Å²) in [7, 11) is 0. The van der Waals surface area contributed by atoms with Crippen LogP contribution < -0.4 is 5.32 Å². The number of alkyl halides is 3. The standard InChI is InChI=1S/C20H18F3NOS/c21-20(22,23)17-12-11-16(26-17)13-24-18(14-7-3-1-4-8-14)19(25)15-9-5-2-6-10-15/h1-12,18-19,24-25H,13H2/t18-,19+/m1/s1. The van der Waals surface area contributed by atoms with Gasteiger partial charge in [0.15, 0.2) is 0 Å². The second-order valence-corrected chi connectivity index (χ2v) is 7.06. The highest BCUT2D eigenvalue weighted by molar-refractivity contribution is 7.12. The number of benzene rings is 2. The minimum absolute atomic E-state index is 0.240. The average molecular weight is 377 g/mol. The van der Waals surface area contributed by atoms with Crippen molar-refractivity contribution in [1.29, 1.82) is 0 Å². The molecule has 0 aliphatic heterocycles. The number of halogens is 3. The van der Waals surface area contributed by atoms with Gasteiger partial charge in [-0.2, -0.15) is 13.2 Å². The van der Waals surface area contributed by atoms with Crippen LogP contribution in [-0.4, -0.2) is 5.11 Å². The number of nitrogens with one attached hydrogen (secondary N) is 1. The van der Waals surface area contributed by atoms with E-state index in [1.54, 1.807) is 0 Å². The number of aliphatic hydroxyl groups excluding tert-OH is 1. The first-order valence-electron chi connectivity index (χ1n) is 8.12. The van der Waals surface area contributed by atoms with Crippen LogP contribution in [0.15, 0.2) is 72.8 Å². The lowest BCUT2D eigenvalue weighted by Crippen LogP contribution is -2.26. The van der Waals surface area contributed by atoms with Crippen LogP contribution in [0.2, 0.25) is 0 Å². The van der Waals surface area contributed by atoms with Crippen LogP contribution in [0.3, 0.4) is 0 Å². The Bertz CT molecular complexity index is 818. The monoisotopic (exact) mass is 377 g/mol. The maximum Gasteiger partial charge on any atom is 0.425 e. The summed E-state index contributed by atoms with van der Waals surface area (Å²) >= 11 is 0.715. The van der Waals surface area contributed by atoms with E-state index in [4.69, 9.17) is 0 Å². The zero-order valence-electron chi connectivity index (χ0n) is 13.8. The Morgan fingerprint density at radius 3 is 1.96 bits per heavy atom. The second-order valence-electron chi connectivity index (χ2n) is 5.89. The van der Waals surface area contributed by atoms with Gasteiger partial charge in [0, 0.05) is 11.4 Å². The van der Waals surface area contributed by atoms with Crippen molar-refractivity contribution in [3.8, 4) is 0 Å². The molecule has 0 spiro atoms. The molecule has 3 rings (SSSR count). The Morgan fingerprint density at radius 2 is 1.42 bits per heavy atom. The lowest BCUT2D eigenvalue weighted by Gasteiger charge is -2.25. The summed E-state index contributed by atoms with van der Waals surface area (Å²) in [5.41, 5.74) is 1.62. The van der Waals surface area contributed by atoms with Crippen molar-refractivity contribution in [2.75, 3.05) is 0 Å². The lowest BCUT2D eigenvalue weighted by atomic mass is 9.96. The van der Waals surface area contributed by atoms with Crippen molar-refractivity contribution in [3.63, 3.8) is 0 Å². The van der Waals surface area contributed by atoms with Gasteiger partial charge in [0.1, 0.15) is 4.88 Å². The summed E-state index contributed by atoms with van der Waals surface area (Å²) < 4.78 is 38.3. The minimum atomic E-state index is -4.33. The van der Waals surface area contributed by atoms with Gasteiger partial charge in [-0.05, 0) is 23.3 Å². The van der Waals surface area contributed by atoms with Crippen LogP contribution in [-0.2, 0) is 12.7 Å². The van der Waals surface area contributed by atoms with E-state index in [-0.39, 0.29) is 6.54 Å². The van der Waals surface area contributed by atoms with Crippen molar-refractivity contribution < 1.29 is 18.3 Å². The minimum Gasteiger partial charge on any atom is -0.386 e. The molecule has 0 aliphatic carbocycles. The van der Waals surface area contributed by atoms with Gasteiger partial charge in [-0.3, -0.25) is 0 Å². The molecule has 6 heteroatoms. The van der Waals surface area contributed by atoms with E-state index < -0.39 is 23.2 Å². The van der Waals surface area contributed by atoms with Crippen molar-refractivity contribution in [2.24, 2.45) is 0 Å². The first kappa shape index (κ1) is 18.6. The largest absolute Gasteiger partial charge is 0.425 e. The highest BCUT2D eigenvalue weighted by Crippen LogP contribution is 2.35. The molecule has 0 saturated carbocycles. The molecule has 2 nitrogen and oxygen atoms in total. The number of hydrogen-bond acceptors (Lipinski definition) is 3. The van der Waals surface area contributed by atoms with Gasteiger partial charge in [0.05, 0.1) is 12.1 Å². The van der Waals surface area contributed by atoms with Crippen LogP contribution >= 0.6 is 11.3 Å². The first-order chi connectivity index (χ1) is 12.4. The molecule has 136 valence electrons. The Balaban J connectivity index is 1.79. The predicted molar refractivity (Wildman–Crippen MR) is 96.7 cm³/mol. The molecule has 1 aromatic heterocycles. The highest BCUT2D eigenvalue weighted by Gasteiger charge is 2.32. The van der Waals surface area contributed by atoms with Gasteiger partial charge in [-0.1, -0.05) is 60.7 Å². The average Bonchev–Trinajstić information content (AvgIpc) is 3.13. The molecular formula is C20H18F3NOS. The molecular weight excluding hydrogens is 359 g/mol. The molecule has 0 saturated heterocycles. The Kier molecular flexibility index (Phi) is 5.76. The van der Waals surface area contributed by atoms with Crippen LogP contribution in [0, 0.1) is 0 Å². The third kappa shape index (κ3) is 4.52. The fourth-order valence-corrected chi connectivity index (χ4v) is 3.58. The highest BCUT2D eigenvalue weighted by atomic mass is 32.1. The second kappa shape index (κ2) is 8.03. The SMILES string of the molecule is O[C@@H](c1ccccc1)[C@H](NCc1ccc(C(F)(F)F)s1)c1ccccc1. The summed E-state index contributed by atoms with van der Waals surface area (Å²) in [6.45, 7) is 0.240. The van der Waals surface area contributed by atoms with Gasteiger partial charge >= 0.3 is 6.18 Å². The van der Waals surface area contributed by atoms with Gasteiger partial charge in [0.25, 0.3) is 0 Å². The van der Waals surface area contributed by atoms with Gasteiger partial charge in [-0.15, -0.1) is 11.3 Å². The maximum absolute atomic E-state index is 12.8. The van der Waals surface area contributed by atoms with Crippen LogP contribution in [0.5, 0.6) is 0 Å². The summed E-state index contributed by atoms with van der Waals surface area (Å²) in [5, 5.41) is 14.0. The lowest BCUT2D eigenvalue weighted by molar-refractivity contribution is -0.134. The summed E-state index contributed by atoms with van der Waals surface area (Å²) in [6.07, 6.45) is -5.15. The predicted octanol–water partition coefficient (Wildman–Crippen LogP) is 5.33. The molecule has 1 heterocycles. The van der Waals surface area contributed by atoms with Crippen LogP contribution in [0.1, 0.15) is 33.0 Å². The molecule has 2 atom stereocenters. The molecule has 26 heavy (non-hydrogen) atoms. The molecule has 0 radical (unpaired) electrons. The molecule has 0 aliphatic rings. The van der Waals surface area contributed by atoms with E-state index in [9.17, 15) is 18.3 Å². The van der Waals surface area contributed by atoms with Crippen molar-refractivity contribution in [3.05, 3.63) is 93.7 Å². The number of rotatable bonds is 6. The molecule has 0 amide bonds. The number of thiophene rings is 1. The van der Waals surface area contributed by atoms with Crippen molar-refractivity contribution in [2.45, 2.75) is 24.9 Å². The molecule has 3 aromatic rings. The fourth-order valence-electron chi connectivity index (χ4n) is 2.75. The number of aliphatic hydroxyl groups is 1. The fraction of sp³-hybridized carbons (Fsp3) is 0.200. The van der Waals surface area contributed by atoms with Crippen molar-refractivity contribution in [1.82, 2.24) is 5.32 Å². The number of hydrogen-bond donors (Lipinski definition) is 2.